The third kappa shape index (κ3) is 3.09. The first-order valence-electron chi connectivity index (χ1n) is 7.31. The van der Waals surface area contributed by atoms with E-state index in [1.807, 2.05) is 6.92 Å². The van der Waals surface area contributed by atoms with Crippen molar-refractivity contribution in [1.82, 2.24) is 9.66 Å². The topological polar surface area (TPSA) is 76.5 Å². The molecular weight excluding hydrogens is 330 g/mol. The number of aromatic amines is 1. The van der Waals surface area contributed by atoms with Crippen molar-refractivity contribution in [3.8, 4) is 5.75 Å². The van der Waals surface area contributed by atoms with Gasteiger partial charge in [-0.2, -0.15) is 5.10 Å². The minimum absolute atomic E-state index is 0.388. The van der Waals surface area contributed by atoms with Crippen molar-refractivity contribution < 1.29 is 4.74 Å². The molecule has 24 heavy (non-hydrogen) atoms. The average Bonchev–Trinajstić information content (AvgIpc) is 2.57. The van der Waals surface area contributed by atoms with Gasteiger partial charge < -0.3 is 9.72 Å². The summed E-state index contributed by atoms with van der Waals surface area (Å²) in [6.07, 6.45) is 1.40. The summed E-state index contributed by atoms with van der Waals surface area (Å²) in [6, 6.07) is 11.9. The molecule has 0 amide bonds. The first-order chi connectivity index (χ1) is 11.6. The number of fused-ring (bicyclic) bond motifs is 1. The number of nitrogens with one attached hydrogen (secondary N) is 1. The van der Waals surface area contributed by atoms with E-state index in [9.17, 15) is 9.59 Å². The van der Waals surface area contributed by atoms with E-state index in [-0.39, 0.29) is 0 Å². The smallest absolute Gasteiger partial charge is 0.349 e. The van der Waals surface area contributed by atoms with E-state index in [1.165, 1.54) is 6.21 Å². The van der Waals surface area contributed by atoms with Crippen molar-refractivity contribution in [2.45, 2.75) is 6.92 Å². The number of hydrogen-bond donors (Lipinski definition) is 1. The molecule has 1 N–H and O–H groups in total. The van der Waals surface area contributed by atoms with Gasteiger partial charge in [0.15, 0.2) is 0 Å². The van der Waals surface area contributed by atoms with Gasteiger partial charge in [0.2, 0.25) is 0 Å². The lowest BCUT2D eigenvalue weighted by molar-refractivity contribution is 0.340. The number of hydrogen-bond acceptors (Lipinski definition) is 4. The Morgan fingerprint density at radius 2 is 2.04 bits per heavy atom. The number of ether oxygens (including phenoxy) is 1. The molecule has 0 aliphatic carbocycles. The first-order valence-corrected chi connectivity index (χ1v) is 7.68. The Morgan fingerprint density at radius 1 is 1.25 bits per heavy atom. The van der Waals surface area contributed by atoms with E-state index >= 15 is 0 Å². The van der Waals surface area contributed by atoms with Crippen LogP contribution in [0.1, 0.15) is 12.5 Å². The molecule has 0 spiro atoms. The van der Waals surface area contributed by atoms with Gasteiger partial charge in [0, 0.05) is 0 Å². The van der Waals surface area contributed by atoms with Crippen LogP contribution in [0.2, 0.25) is 5.02 Å². The second-order valence-electron chi connectivity index (χ2n) is 4.96. The van der Waals surface area contributed by atoms with E-state index in [0.717, 1.165) is 4.68 Å². The molecule has 0 unspecified atom stereocenters. The van der Waals surface area contributed by atoms with E-state index < -0.39 is 11.2 Å². The van der Waals surface area contributed by atoms with Crippen LogP contribution in [0.15, 0.2) is 57.2 Å². The second kappa shape index (κ2) is 6.72. The third-order valence-corrected chi connectivity index (χ3v) is 3.66. The molecular formula is C17H14ClN3O3. The molecule has 6 nitrogen and oxygen atoms in total. The summed E-state index contributed by atoms with van der Waals surface area (Å²) in [5.41, 5.74) is 0.0283. The van der Waals surface area contributed by atoms with Crippen molar-refractivity contribution in [3.05, 3.63) is 73.9 Å². The minimum atomic E-state index is -0.605. The molecule has 3 rings (SSSR count). The van der Waals surface area contributed by atoms with Crippen LogP contribution in [0.3, 0.4) is 0 Å². The molecule has 1 aromatic heterocycles. The molecule has 0 saturated heterocycles. The molecule has 0 radical (unpaired) electrons. The van der Waals surface area contributed by atoms with Gasteiger partial charge in [-0.15, -0.1) is 4.68 Å². The molecule has 0 atom stereocenters. The largest absolute Gasteiger partial charge is 0.492 e. The van der Waals surface area contributed by atoms with E-state index in [0.29, 0.717) is 33.8 Å². The van der Waals surface area contributed by atoms with E-state index in [2.05, 4.69) is 10.1 Å². The van der Waals surface area contributed by atoms with Gasteiger partial charge in [0.05, 0.1) is 28.7 Å². The molecule has 0 fully saturated rings. The van der Waals surface area contributed by atoms with Crippen molar-refractivity contribution in [1.29, 1.82) is 0 Å². The average molecular weight is 344 g/mol. The summed E-state index contributed by atoms with van der Waals surface area (Å²) in [5.74, 6) is 0.567. The SMILES string of the molecule is CCOc1ccc(C=Nn2c(=O)[nH]c3ccccc3c2=O)cc1Cl. The molecule has 3 aromatic rings. The standard InChI is InChI=1S/C17H14ClN3O3/c1-2-24-15-8-7-11(9-13(15)18)10-19-21-16(22)12-5-3-4-6-14(12)20-17(21)23/h3-10H,2H2,1H3,(H,20,23). The summed E-state index contributed by atoms with van der Waals surface area (Å²) in [7, 11) is 0. The molecule has 0 saturated carbocycles. The Kier molecular flexibility index (Phi) is 4.48. The number of para-hydroxylation sites is 1. The Bertz CT molecular complexity index is 1040. The normalized spacial score (nSPS) is 11.2. The number of benzene rings is 2. The molecule has 7 heteroatoms. The number of aromatic nitrogens is 2. The van der Waals surface area contributed by atoms with Crippen LogP contribution < -0.4 is 16.0 Å². The highest BCUT2D eigenvalue weighted by molar-refractivity contribution is 6.32. The lowest BCUT2D eigenvalue weighted by Crippen LogP contribution is -2.32. The monoisotopic (exact) mass is 343 g/mol. The van der Waals surface area contributed by atoms with Gasteiger partial charge >= 0.3 is 5.69 Å². The quantitative estimate of drug-likeness (QED) is 0.740. The number of rotatable bonds is 4. The van der Waals surface area contributed by atoms with Gasteiger partial charge in [0.1, 0.15) is 5.75 Å². The first kappa shape index (κ1) is 16.0. The van der Waals surface area contributed by atoms with Crippen molar-refractivity contribution in [2.24, 2.45) is 5.10 Å². The predicted octanol–water partition coefficient (Wildman–Crippen LogP) is 2.62. The van der Waals surface area contributed by atoms with Gasteiger partial charge in [-0.3, -0.25) is 4.79 Å². The van der Waals surface area contributed by atoms with Crippen molar-refractivity contribution in [2.75, 3.05) is 6.61 Å². The van der Waals surface area contributed by atoms with Crippen molar-refractivity contribution in [3.63, 3.8) is 0 Å². The molecule has 2 aromatic carbocycles. The van der Waals surface area contributed by atoms with Gasteiger partial charge in [-0.25, -0.2) is 4.79 Å². The summed E-state index contributed by atoms with van der Waals surface area (Å²) in [4.78, 5) is 27.0. The molecule has 0 aliphatic heterocycles. The summed E-state index contributed by atoms with van der Waals surface area (Å²) >= 11 is 6.11. The lowest BCUT2D eigenvalue weighted by atomic mass is 10.2. The predicted molar refractivity (Wildman–Crippen MR) is 94.4 cm³/mol. The number of nitrogens with zero attached hydrogens (tertiary/aromatic N) is 2. The maximum atomic E-state index is 12.4. The number of H-pyrrole nitrogens is 1. The van der Waals surface area contributed by atoms with Crippen LogP contribution in [-0.4, -0.2) is 22.5 Å². The van der Waals surface area contributed by atoms with Gasteiger partial charge in [-0.05, 0) is 42.8 Å². The summed E-state index contributed by atoms with van der Waals surface area (Å²) in [6.45, 7) is 2.37. The van der Waals surface area contributed by atoms with Gasteiger partial charge in [-0.1, -0.05) is 23.7 Å². The Morgan fingerprint density at radius 3 is 2.79 bits per heavy atom. The van der Waals surface area contributed by atoms with Crippen LogP contribution in [0.5, 0.6) is 5.75 Å². The fraction of sp³-hybridized carbons (Fsp3) is 0.118. The maximum Gasteiger partial charge on any atom is 0.349 e. The van der Waals surface area contributed by atoms with E-state index in [1.54, 1.807) is 42.5 Å². The summed E-state index contributed by atoms with van der Waals surface area (Å²) < 4.78 is 6.14. The highest BCUT2D eigenvalue weighted by atomic mass is 35.5. The zero-order valence-electron chi connectivity index (χ0n) is 12.8. The maximum absolute atomic E-state index is 12.4. The summed E-state index contributed by atoms with van der Waals surface area (Å²) in [5, 5.41) is 4.80. The van der Waals surface area contributed by atoms with E-state index in [4.69, 9.17) is 16.3 Å². The van der Waals surface area contributed by atoms with Gasteiger partial charge in [0.25, 0.3) is 5.56 Å². The zero-order valence-corrected chi connectivity index (χ0v) is 13.6. The third-order valence-electron chi connectivity index (χ3n) is 3.36. The fourth-order valence-corrected chi connectivity index (χ4v) is 2.50. The van der Waals surface area contributed by atoms with Crippen LogP contribution in [0, 0.1) is 0 Å². The van der Waals surface area contributed by atoms with Crippen LogP contribution in [0.4, 0.5) is 0 Å². The highest BCUT2D eigenvalue weighted by Gasteiger charge is 2.06. The molecule has 122 valence electrons. The minimum Gasteiger partial charge on any atom is -0.492 e. The molecule has 0 bridgehead atoms. The fourth-order valence-electron chi connectivity index (χ4n) is 2.25. The van der Waals surface area contributed by atoms with Crippen LogP contribution in [-0.2, 0) is 0 Å². The second-order valence-corrected chi connectivity index (χ2v) is 5.37. The zero-order chi connectivity index (χ0) is 17.1. The van der Waals surface area contributed by atoms with Crippen LogP contribution >= 0.6 is 11.6 Å². The molecule has 1 heterocycles. The highest BCUT2D eigenvalue weighted by Crippen LogP contribution is 2.24. The lowest BCUT2D eigenvalue weighted by Gasteiger charge is -2.05. The Hall–Kier alpha value is -2.86. The Balaban J connectivity index is 2.01. The number of halogens is 1. The van der Waals surface area contributed by atoms with Crippen molar-refractivity contribution >= 4 is 28.7 Å². The van der Waals surface area contributed by atoms with Crippen LogP contribution in [0.25, 0.3) is 10.9 Å². The molecule has 0 aliphatic rings. The Labute approximate surface area is 142 Å².